The highest BCUT2D eigenvalue weighted by molar-refractivity contribution is 6.36. The summed E-state index contributed by atoms with van der Waals surface area (Å²) in [6, 6.07) is 27.5. The first-order chi connectivity index (χ1) is 31.9. The summed E-state index contributed by atoms with van der Waals surface area (Å²) in [5, 5.41) is 30.6. The van der Waals surface area contributed by atoms with E-state index in [1.165, 1.54) is 30.3 Å². The molecule has 344 valence electrons. The molecule has 0 bridgehead atoms. The monoisotopic (exact) mass is 948 g/mol. The van der Waals surface area contributed by atoms with Gasteiger partial charge in [0.05, 0.1) is 22.5 Å². The van der Waals surface area contributed by atoms with Crippen LogP contribution in [0.4, 0.5) is 27.1 Å². The van der Waals surface area contributed by atoms with Gasteiger partial charge in [0.2, 0.25) is 23.6 Å². The van der Waals surface area contributed by atoms with Gasteiger partial charge in [0.15, 0.2) is 0 Å². The van der Waals surface area contributed by atoms with Gasteiger partial charge in [0.25, 0.3) is 0 Å². The third-order valence-corrected chi connectivity index (χ3v) is 10.7. The van der Waals surface area contributed by atoms with E-state index >= 15 is 0 Å². The van der Waals surface area contributed by atoms with Gasteiger partial charge in [0.1, 0.15) is 32.2 Å². The van der Waals surface area contributed by atoms with Crippen molar-refractivity contribution in [2.45, 2.75) is 27.7 Å². The van der Waals surface area contributed by atoms with Crippen molar-refractivity contribution in [3.8, 4) is 33.4 Å². The van der Waals surface area contributed by atoms with E-state index in [4.69, 9.17) is 32.7 Å². The highest BCUT2D eigenvalue weighted by atomic mass is 35.5. The Morgan fingerprint density at radius 3 is 1.51 bits per heavy atom. The van der Waals surface area contributed by atoms with E-state index in [0.717, 1.165) is 50.6 Å². The van der Waals surface area contributed by atoms with E-state index in [-0.39, 0.29) is 26.9 Å². The molecule has 0 spiro atoms. The Hall–Kier alpha value is -7.43. The van der Waals surface area contributed by atoms with Crippen LogP contribution in [0.3, 0.4) is 0 Å². The standard InChI is InChI=1S/C50H43Cl2FN4O10/c1-26-15-27(2)17-33(16-26)32-8-6-29(4)41(19-32)56-44(60)24-67-25-45(61)57-48-36(20-34(51)21-37(48)49(62)63)46-38(52)13-14-39(47(46)50(64)65)54-42(58)22-66-23-43(59)55-40-18-31(7-5-28(40)3)30-9-11-35(53)12-10-30/h5-21H,22-25H2,1-4H3,(H,54,58)(H,55,59)(H,56,60)(H,57,61)(H,62,63)(H,64,65). The Kier molecular flexibility index (Phi) is 15.9. The van der Waals surface area contributed by atoms with E-state index in [2.05, 4.69) is 27.3 Å². The summed E-state index contributed by atoms with van der Waals surface area (Å²) in [6.07, 6.45) is 0. The number of hydrogen-bond donors (Lipinski definition) is 6. The zero-order valence-electron chi connectivity index (χ0n) is 36.4. The van der Waals surface area contributed by atoms with Crippen LogP contribution in [0.1, 0.15) is 43.0 Å². The fraction of sp³-hybridized carbons (Fsp3) is 0.160. The Labute approximate surface area is 394 Å². The number of carbonyl (C=O) groups excluding carboxylic acids is 4. The normalized spacial score (nSPS) is 10.9. The van der Waals surface area contributed by atoms with Crippen LogP contribution in [0.2, 0.25) is 10.0 Å². The maximum Gasteiger partial charge on any atom is 0.338 e. The Morgan fingerprint density at radius 1 is 0.522 bits per heavy atom. The van der Waals surface area contributed by atoms with Crippen molar-refractivity contribution in [1.82, 2.24) is 0 Å². The quantitative estimate of drug-likeness (QED) is 0.0510. The van der Waals surface area contributed by atoms with E-state index in [1.807, 2.05) is 57.2 Å². The minimum Gasteiger partial charge on any atom is -0.478 e. The van der Waals surface area contributed by atoms with Gasteiger partial charge in [-0.3, -0.25) is 19.2 Å². The molecule has 6 aromatic rings. The summed E-state index contributed by atoms with van der Waals surface area (Å²) in [4.78, 5) is 77.6. The Bertz CT molecular complexity index is 2920. The number of carboxylic acids is 2. The molecule has 0 saturated heterocycles. The van der Waals surface area contributed by atoms with Gasteiger partial charge in [-0.25, -0.2) is 14.0 Å². The summed E-state index contributed by atoms with van der Waals surface area (Å²) in [6.45, 7) is 5.03. The predicted molar refractivity (Wildman–Crippen MR) is 255 cm³/mol. The van der Waals surface area contributed by atoms with E-state index in [0.29, 0.717) is 11.4 Å². The molecule has 6 aromatic carbocycles. The van der Waals surface area contributed by atoms with Crippen molar-refractivity contribution >= 4 is 81.5 Å². The van der Waals surface area contributed by atoms with Crippen LogP contribution in [0, 0.1) is 33.5 Å². The van der Waals surface area contributed by atoms with Crippen molar-refractivity contribution in [2.24, 2.45) is 0 Å². The topological polar surface area (TPSA) is 209 Å². The summed E-state index contributed by atoms with van der Waals surface area (Å²) in [5.74, 6) is -6.50. The van der Waals surface area contributed by atoms with Crippen molar-refractivity contribution in [2.75, 3.05) is 47.7 Å². The minimum atomic E-state index is -1.61. The minimum absolute atomic E-state index is 0.166. The molecule has 0 radical (unpaired) electrons. The third-order valence-electron chi connectivity index (χ3n) is 10.2. The molecule has 0 atom stereocenters. The zero-order chi connectivity index (χ0) is 48.5. The molecule has 6 N–H and O–H groups in total. The highest BCUT2D eigenvalue weighted by Gasteiger charge is 2.27. The van der Waals surface area contributed by atoms with Crippen LogP contribution in [0.5, 0.6) is 0 Å². The smallest absolute Gasteiger partial charge is 0.338 e. The molecule has 6 rings (SSSR count). The molecule has 0 fully saturated rings. The molecular formula is C50H43Cl2FN4O10. The highest BCUT2D eigenvalue weighted by Crippen LogP contribution is 2.42. The second kappa shape index (κ2) is 21.7. The molecule has 17 heteroatoms. The van der Waals surface area contributed by atoms with Crippen molar-refractivity contribution < 1.29 is 52.8 Å². The van der Waals surface area contributed by atoms with Crippen LogP contribution >= 0.6 is 23.2 Å². The Morgan fingerprint density at radius 2 is 1.00 bits per heavy atom. The average Bonchev–Trinajstić information content (AvgIpc) is 3.26. The fourth-order valence-corrected chi connectivity index (χ4v) is 7.62. The molecule has 67 heavy (non-hydrogen) atoms. The number of ether oxygens (including phenoxy) is 2. The number of carboxylic acid groups (broad SMARTS) is 2. The van der Waals surface area contributed by atoms with E-state index in [1.54, 1.807) is 31.2 Å². The van der Waals surface area contributed by atoms with Crippen LogP contribution in [0.15, 0.2) is 103 Å². The number of aryl methyl sites for hydroxylation is 4. The molecule has 0 heterocycles. The van der Waals surface area contributed by atoms with Crippen molar-refractivity contribution in [3.63, 3.8) is 0 Å². The molecule has 0 aliphatic rings. The summed E-state index contributed by atoms with van der Waals surface area (Å²) in [5.41, 5.74) is 5.56. The molecule has 0 aliphatic carbocycles. The first-order valence-corrected chi connectivity index (χ1v) is 21.2. The predicted octanol–water partition coefficient (Wildman–Crippen LogP) is 9.95. The lowest BCUT2D eigenvalue weighted by molar-refractivity contribution is -0.127. The number of hydrogen-bond acceptors (Lipinski definition) is 8. The molecule has 14 nitrogen and oxygen atoms in total. The SMILES string of the molecule is Cc1cc(C)cc(-c2ccc(C)c(NC(=O)COCC(=O)Nc3c(C(=O)O)cc(Cl)cc3-c3c(Cl)ccc(NC(=O)COCC(=O)Nc4cc(-c5ccc(F)cc5)ccc4C)c3C(=O)O)c2)c1. The number of anilines is 4. The molecule has 0 saturated carbocycles. The number of carbonyl (C=O) groups is 6. The van der Waals surface area contributed by atoms with E-state index < -0.39 is 84.6 Å². The number of halogens is 3. The second-order valence-corrected chi connectivity index (χ2v) is 16.3. The molecule has 4 amide bonds. The second-order valence-electron chi connectivity index (χ2n) is 15.5. The van der Waals surface area contributed by atoms with Gasteiger partial charge < -0.3 is 41.0 Å². The molecule has 0 aromatic heterocycles. The first kappa shape index (κ1) is 49.0. The molecule has 0 unspecified atom stereocenters. The van der Waals surface area contributed by atoms with Crippen LogP contribution in [0.25, 0.3) is 33.4 Å². The number of nitrogens with one attached hydrogen (secondary N) is 4. The first-order valence-electron chi connectivity index (χ1n) is 20.4. The third kappa shape index (κ3) is 12.7. The van der Waals surface area contributed by atoms with Gasteiger partial charge in [-0.15, -0.1) is 0 Å². The average molecular weight is 950 g/mol. The Balaban J connectivity index is 1.13. The van der Waals surface area contributed by atoms with Gasteiger partial charge in [0, 0.05) is 32.5 Å². The van der Waals surface area contributed by atoms with Crippen molar-refractivity contribution in [1.29, 1.82) is 0 Å². The van der Waals surface area contributed by atoms with Crippen LogP contribution in [-0.2, 0) is 28.7 Å². The maximum absolute atomic E-state index is 13.4. The fourth-order valence-electron chi connectivity index (χ4n) is 7.14. The zero-order valence-corrected chi connectivity index (χ0v) is 37.9. The number of benzene rings is 6. The van der Waals surface area contributed by atoms with Crippen LogP contribution < -0.4 is 21.3 Å². The number of amides is 4. The van der Waals surface area contributed by atoms with Gasteiger partial charge >= 0.3 is 11.9 Å². The maximum atomic E-state index is 13.4. The molecule has 0 aliphatic heterocycles. The van der Waals surface area contributed by atoms with Gasteiger partial charge in [-0.2, -0.15) is 0 Å². The summed E-state index contributed by atoms with van der Waals surface area (Å²) < 4.78 is 24.2. The van der Waals surface area contributed by atoms with Crippen LogP contribution in [-0.4, -0.2) is 72.2 Å². The number of aromatic carboxylic acids is 2. The van der Waals surface area contributed by atoms with Gasteiger partial charge in [-0.1, -0.05) is 88.9 Å². The van der Waals surface area contributed by atoms with Gasteiger partial charge in [-0.05, 0) is 110 Å². The number of rotatable bonds is 17. The largest absolute Gasteiger partial charge is 0.478 e. The lowest BCUT2D eigenvalue weighted by atomic mass is 9.94. The summed E-state index contributed by atoms with van der Waals surface area (Å²) >= 11 is 12.9. The van der Waals surface area contributed by atoms with E-state index in [9.17, 15) is 43.4 Å². The molecular weight excluding hydrogens is 906 g/mol. The lowest BCUT2D eigenvalue weighted by Gasteiger charge is -2.19. The van der Waals surface area contributed by atoms with Crippen molar-refractivity contribution in [3.05, 3.63) is 152 Å². The summed E-state index contributed by atoms with van der Waals surface area (Å²) in [7, 11) is 0. The lowest BCUT2D eigenvalue weighted by Crippen LogP contribution is -2.25.